The lowest BCUT2D eigenvalue weighted by Crippen LogP contribution is -2.34. The number of likely N-dealkylation sites (tertiary alicyclic amines) is 1. The van der Waals surface area contributed by atoms with Gasteiger partial charge in [-0.25, -0.2) is 0 Å². The van der Waals surface area contributed by atoms with Crippen LogP contribution in [0.1, 0.15) is 47.4 Å². The third-order valence-corrected chi connectivity index (χ3v) is 8.56. The van der Waals surface area contributed by atoms with E-state index in [0.29, 0.717) is 31.1 Å². The first-order chi connectivity index (χ1) is 21.7. The first-order valence-corrected chi connectivity index (χ1v) is 15.6. The molecule has 0 unspecified atom stereocenters. The zero-order valence-electron chi connectivity index (χ0n) is 25.5. The molecule has 6 rings (SSSR count). The lowest BCUT2D eigenvalue weighted by molar-refractivity contribution is -0.121. The van der Waals surface area contributed by atoms with Crippen molar-refractivity contribution in [1.82, 2.24) is 14.8 Å². The predicted octanol–water partition coefficient (Wildman–Crippen LogP) is 7.01. The summed E-state index contributed by atoms with van der Waals surface area (Å²) >= 11 is 0. The molecule has 0 spiro atoms. The van der Waals surface area contributed by atoms with E-state index in [0.717, 1.165) is 53.8 Å². The van der Waals surface area contributed by atoms with E-state index in [4.69, 9.17) is 9.47 Å². The summed E-state index contributed by atoms with van der Waals surface area (Å²) in [7, 11) is 1.67. The molecule has 6 heteroatoms. The van der Waals surface area contributed by atoms with Crippen LogP contribution in [-0.4, -0.2) is 48.7 Å². The maximum absolute atomic E-state index is 13.5. The molecule has 0 radical (unpaired) electrons. The number of nitrogens with zero attached hydrogens (tertiary/aromatic N) is 2. The third-order valence-electron chi connectivity index (χ3n) is 8.56. The Bertz CT molecular complexity index is 1660. The summed E-state index contributed by atoms with van der Waals surface area (Å²) in [5.74, 6) is 1.23. The van der Waals surface area contributed by atoms with Gasteiger partial charge in [-0.15, -0.1) is 0 Å². The summed E-state index contributed by atoms with van der Waals surface area (Å²) in [4.78, 5) is 15.9. The van der Waals surface area contributed by atoms with E-state index in [-0.39, 0.29) is 11.8 Å². The molecule has 0 saturated carbocycles. The maximum atomic E-state index is 13.5. The number of carbonyl (C=O) groups excluding carboxylic acids is 1. The second-order valence-electron chi connectivity index (χ2n) is 11.6. The van der Waals surface area contributed by atoms with Crippen LogP contribution in [0.3, 0.4) is 0 Å². The smallest absolute Gasteiger partial charge is 0.220 e. The average Bonchev–Trinajstić information content (AvgIpc) is 3.72. The van der Waals surface area contributed by atoms with Gasteiger partial charge in [0, 0.05) is 49.1 Å². The number of benzene rings is 4. The van der Waals surface area contributed by atoms with E-state index in [1.54, 1.807) is 7.11 Å². The molecule has 1 atom stereocenters. The van der Waals surface area contributed by atoms with Crippen molar-refractivity contribution in [3.8, 4) is 11.5 Å². The molecule has 226 valence electrons. The number of nitrogens with one attached hydrogen (secondary N) is 1. The standard InChI is InChI=1S/C38H41N3O3/c1-43-37-24-31(18-19-36(37)44-28-30-14-6-3-7-15-30)33(25-38(42)39-20-23-40-21-10-11-22-40)34-27-41(26-29-12-4-2-5-13-29)35-17-9-8-16-32(34)35/h2-9,12-19,24,27,33H,10-11,20-23,25-26,28H2,1H3,(H,39,42)/t33-/m1/s1. The van der Waals surface area contributed by atoms with Gasteiger partial charge >= 0.3 is 0 Å². The highest BCUT2D eigenvalue weighted by molar-refractivity contribution is 5.87. The SMILES string of the molecule is COc1cc([C@@H](CC(=O)NCCN2CCCC2)c2cn(Cc3ccccc3)c3ccccc23)ccc1OCc1ccccc1. The van der Waals surface area contributed by atoms with E-state index in [2.05, 4.69) is 75.6 Å². The number of fused-ring (bicyclic) bond motifs is 1. The molecule has 1 aliphatic heterocycles. The number of hydrogen-bond acceptors (Lipinski definition) is 4. The predicted molar refractivity (Wildman–Crippen MR) is 176 cm³/mol. The Hall–Kier alpha value is -4.55. The molecular weight excluding hydrogens is 546 g/mol. The molecule has 1 saturated heterocycles. The van der Waals surface area contributed by atoms with Crippen molar-refractivity contribution in [3.05, 3.63) is 132 Å². The summed E-state index contributed by atoms with van der Waals surface area (Å²) in [6, 6.07) is 35.2. The van der Waals surface area contributed by atoms with Crippen molar-refractivity contribution >= 4 is 16.8 Å². The third kappa shape index (κ3) is 7.14. The summed E-state index contributed by atoms with van der Waals surface area (Å²) in [6.07, 6.45) is 5.06. The van der Waals surface area contributed by atoms with Crippen LogP contribution >= 0.6 is 0 Å². The molecule has 1 aromatic heterocycles. The van der Waals surface area contributed by atoms with Gasteiger partial charge in [0.25, 0.3) is 0 Å². The van der Waals surface area contributed by atoms with Crippen LogP contribution in [0.5, 0.6) is 11.5 Å². The number of ether oxygens (including phenoxy) is 2. The normalized spacial score (nSPS) is 14.0. The van der Waals surface area contributed by atoms with Crippen LogP contribution in [0.15, 0.2) is 109 Å². The van der Waals surface area contributed by atoms with Gasteiger partial charge in [-0.1, -0.05) is 84.9 Å². The summed E-state index contributed by atoms with van der Waals surface area (Å²) in [5.41, 5.74) is 5.63. The van der Waals surface area contributed by atoms with Crippen LogP contribution in [0.2, 0.25) is 0 Å². The first kappa shape index (κ1) is 29.5. The van der Waals surface area contributed by atoms with Crippen molar-refractivity contribution in [2.75, 3.05) is 33.3 Å². The molecule has 1 aliphatic rings. The Morgan fingerprint density at radius 1 is 0.841 bits per heavy atom. The summed E-state index contributed by atoms with van der Waals surface area (Å²) in [5, 5.41) is 4.36. The number of methoxy groups -OCH3 is 1. The molecule has 1 amide bonds. The quantitative estimate of drug-likeness (QED) is 0.161. The van der Waals surface area contributed by atoms with E-state index in [1.165, 1.54) is 18.4 Å². The monoisotopic (exact) mass is 587 g/mol. The molecule has 1 fully saturated rings. The molecule has 0 aliphatic carbocycles. The fourth-order valence-electron chi connectivity index (χ4n) is 6.24. The zero-order valence-corrected chi connectivity index (χ0v) is 25.5. The maximum Gasteiger partial charge on any atom is 0.220 e. The van der Waals surface area contributed by atoms with E-state index >= 15 is 0 Å². The first-order valence-electron chi connectivity index (χ1n) is 15.6. The molecule has 5 aromatic rings. The van der Waals surface area contributed by atoms with Gasteiger partial charge in [0.05, 0.1) is 7.11 Å². The molecule has 44 heavy (non-hydrogen) atoms. The summed E-state index contributed by atoms with van der Waals surface area (Å²) in [6.45, 7) is 5.01. The highest BCUT2D eigenvalue weighted by Crippen LogP contribution is 2.39. The Morgan fingerprint density at radius 3 is 2.30 bits per heavy atom. The van der Waals surface area contributed by atoms with Gasteiger partial charge in [0.2, 0.25) is 5.91 Å². The lowest BCUT2D eigenvalue weighted by atomic mass is 9.87. The highest BCUT2D eigenvalue weighted by atomic mass is 16.5. The number of hydrogen-bond donors (Lipinski definition) is 1. The number of rotatable bonds is 13. The van der Waals surface area contributed by atoms with Gasteiger partial charge in [-0.2, -0.15) is 0 Å². The van der Waals surface area contributed by atoms with Crippen LogP contribution in [0.4, 0.5) is 0 Å². The number of carbonyl (C=O) groups is 1. The van der Waals surface area contributed by atoms with Gasteiger partial charge in [-0.3, -0.25) is 4.79 Å². The number of aromatic nitrogens is 1. The van der Waals surface area contributed by atoms with E-state index in [1.807, 2.05) is 48.5 Å². The second kappa shape index (κ2) is 14.3. The van der Waals surface area contributed by atoms with Crippen molar-refractivity contribution in [3.63, 3.8) is 0 Å². The fourth-order valence-corrected chi connectivity index (χ4v) is 6.24. The van der Waals surface area contributed by atoms with Crippen molar-refractivity contribution in [2.45, 2.75) is 38.3 Å². The number of para-hydroxylation sites is 1. The zero-order chi connectivity index (χ0) is 30.1. The molecule has 0 bridgehead atoms. The Morgan fingerprint density at radius 2 is 1.55 bits per heavy atom. The van der Waals surface area contributed by atoms with Crippen LogP contribution < -0.4 is 14.8 Å². The van der Waals surface area contributed by atoms with E-state index in [9.17, 15) is 4.79 Å². The van der Waals surface area contributed by atoms with Gasteiger partial charge < -0.3 is 24.3 Å². The minimum absolute atomic E-state index is 0.0532. The highest BCUT2D eigenvalue weighted by Gasteiger charge is 2.24. The molecular formula is C38H41N3O3. The number of amides is 1. The van der Waals surface area contributed by atoms with Gasteiger partial charge in [0.1, 0.15) is 6.61 Å². The second-order valence-corrected chi connectivity index (χ2v) is 11.6. The Labute approximate surface area is 260 Å². The average molecular weight is 588 g/mol. The topological polar surface area (TPSA) is 55.7 Å². The van der Waals surface area contributed by atoms with Crippen molar-refractivity contribution in [1.29, 1.82) is 0 Å². The van der Waals surface area contributed by atoms with Crippen molar-refractivity contribution < 1.29 is 14.3 Å². The van der Waals surface area contributed by atoms with Crippen LogP contribution in [-0.2, 0) is 17.9 Å². The summed E-state index contributed by atoms with van der Waals surface area (Å²) < 4.78 is 14.3. The van der Waals surface area contributed by atoms with Gasteiger partial charge in [0.15, 0.2) is 11.5 Å². The van der Waals surface area contributed by atoms with E-state index < -0.39 is 0 Å². The fraction of sp³-hybridized carbons (Fsp3) is 0.289. The Kier molecular flexibility index (Phi) is 9.58. The molecule has 4 aromatic carbocycles. The van der Waals surface area contributed by atoms with Crippen LogP contribution in [0, 0.1) is 0 Å². The molecule has 6 nitrogen and oxygen atoms in total. The minimum atomic E-state index is -0.166. The lowest BCUT2D eigenvalue weighted by Gasteiger charge is -2.20. The molecule has 1 N–H and O–H groups in total. The van der Waals surface area contributed by atoms with Crippen molar-refractivity contribution in [2.24, 2.45) is 0 Å². The van der Waals surface area contributed by atoms with Gasteiger partial charge in [-0.05, 0) is 66.4 Å². The largest absolute Gasteiger partial charge is 0.493 e. The minimum Gasteiger partial charge on any atom is -0.493 e. The van der Waals surface area contributed by atoms with Crippen LogP contribution in [0.25, 0.3) is 10.9 Å². The Balaban J connectivity index is 1.31. The molecule has 2 heterocycles.